The van der Waals surface area contributed by atoms with Crippen LogP contribution in [0.2, 0.25) is 0 Å². The zero-order valence-corrected chi connectivity index (χ0v) is 14.8. The standard InChI is InChI=1S/C18H12BrClN2O2/c19-10-21-9-15(16(20)13-7-3-4-8-14(13)21)22-17(23)11-5-1-2-6-12(11)18(22)24/h1-8H,9-10H2. The summed E-state index contributed by atoms with van der Waals surface area (Å²) in [4.78, 5) is 28.7. The molecule has 2 aliphatic heterocycles. The Bertz CT molecular complexity index is 874. The van der Waals surface area contributed by atoms with Gasteiger partial charge in [0, 0.05) is 11.3 Å². The molecule has 0 aromatic heterocycles. The van der Waals surface area contributed by atoms with E-state index in [-0.39, 0.29) is 11.8 Å². The zero-order chi connectivity index (χ0) is 16.8. The van der Waals surface area contributed by atoms with Gasteiger partial charge in [-0.2, -0.15) is 0 Å². The molecule has 4 nitrogen and oxygen atoms in total. The van der Waals surface area contributed by atoms with Crippen molar-refractivity contribution in [1.29, 1.82) is 0 Å². The molecule has 0 radical (unpaired) electrons. The maximum Gasteiger partial charge on any atom is 0.265 e. The van der Waals surface area contributed by atoms with E-state index in [1.54, 1.807) is 24.3 Å². The highest BCUT2D eigenvalue weighted by molar-refractivity contribution is 9.09. The van der Waals surface area contributed by atoms with Crippen molar-refractivity contribution in [2.24, 2.45) is 0 Å². The van der Waals surface area contributed by atoms with E-state index in [9.17, 15) is 9.59 Å². The molecular weight excluding hydrogens is 392 g/mol. The van der Waals surface area contributed by atoms with Gasteiger partial charge in [0.05, 0.1) is 33.9 Å². The molecule has 0 spiro atoms. The van der Waals surface area contributed by atoms with E-state index in [4.69, 9.17) is 11.6 Å². The summed E-state index contributed by atoms with van der Waals surface area (Å²) in [5, 5.41) is 0.442. The number of hydrogen-bond donors (Lipinski definition) is 0. The summed E-state index contributed by atoms with van der Waals surface area (Å²) in [7, 11) is 0. The van der Waals surface area contributed by atoms with Crippen LogP contribution in [0.5, 0.6) is 0 Å². The normalized spacial score (nSPS) is 16.6. The van der Waals surface area contributed by atoms with Crippen LogP contribution in [0.15, 0.2) is 54.2 Å². The highest BCUT2D eigenvalue weighted by Crippen LogP contribution is 2.40. The second-order valence-corrected chi connectivity index (χ2v) is 6.47. The van der Waals surface area contributed by atoms with E-state index in [1.165, 1.54) is 4.90 Å². The maximum atomic E-state index is 12.7. The molecule has 2 aromatic rings. The van der Waals surface area contributed by atoms with Gasteiger partial charge in [-0.1, -0.05) is 57.9 Å². The van der Waals surface area contributed by atoms with Crippen LogP contribution in [0, 0.1) is 0 Å². The van der Waals surface area contributed by atoms with Crippen molar-refractivity contribution < 1.29 is 9.59 Å². The number of imide groups is 1. The topological polar surface area (TPSA) is 40.6 Å². The number of halogens is 2. The minimum absolute atomic E-state index is 0.322. The van der Waals surface area contributed by atoms with Crippen molar-refractivity contribution >= 4 is 50.1 Å². The van der Waals surface area contributed by atoms with Crippen molar-refractivity contribution in [2.45, 2.75) is 0 Å². The second kappa shape index (κ2) is 5.76. The van der Waals surface area contributed by atoms with Gasteiger partial charge in [0.2, 0.25) is 0 Å². The van der Waals surface area contributed by atoms with Crippen LogP contribution in [0.3, 0.4) is 0 Å². The van der Waals surface area contributed by atoms with Crippen molar-refractivity contribution in [3.8, 4) is 0 Å². The SMILES string of the molecule is O=C1c2ccccc2C(=O)N1C1=C(Cl)c2ccccc2N(CBr)C1. The molecule has 24 heavy (non-hydrogen) atoms. The molecule has 0 aliphatic carbocycles. The average Bonchev–Trinajstić information content (AvgIpc) is 2.87. The number of para-hydroxylation sites is 1. The molecule has 0 fully saturated rings. The fourth-order valence-corrected chi connectivity index (χ4v) is 3.89. The predicted molar refractivity (Wildman–Crippen MR) is 97.3 cm³/mol. The van der Waals surface area contributed by atoms with Gasteiger partial charge < -0.3 is 4.90 Å². The molecule has 0 atom stereocenters. The third-order valence-electron chi connectivity index (χ3n) is 4.28. The van der Waals surface area contributed by atoms with Gasteiger partial charge in [-0.25, -0.2) is 4.90 Å². The third-order valence-corrected chi connectivity index (χ3v) is 5.31. The summed E-state index contributed by atoms with van der Waals surface area (Å²) in [6.45, 7) is 0.382. The van der Waals surface area contributed by atoms with Gasteiger partial charge in [-0.05, 0) is 18.2 Å². The summed E-state index contributed by atoms with van der Waals surface area (Å²) in [6, 6.07) is 14.5. The van der Waals surface area contributed by atoms with Gasteiger partial charge in [0.25, 0.3) is 11.8 Å². The number of anilines is 1. The molecule has 0 unspecified atom stereocenters. The number of hydrogen-bond acceptors (Lipinski definition) is 3. The van der Waals surface area contributed by atoms with Crippen molar-refractivity contribution in [3.05, 3.63) is 70.9 Å². The van der Waals surface area contributed by atoms with E-state index in [2.05, 4.69) is 15.9 Å². The molecule has 0 bridgehead atoms. The van der Waals surface area contributed by atoms with Gasteiger partial charge in [0.1, 0.15) is 0 Å². The van der Waals surface area contributed by atoms with Crippen LogP contribution >= 0.6 is 27.5 Å². The average molecular weight is 404 g/mol. The van der Waals surface area contributed by atoms with E-state index in [0.29, 0.717) is 33.9 Å². The van der Waals surface area contributed by atoms with Crippen LogP contribution in [-0.4, -0.2) is 28.7 Å². The predicted octanol–water partition coefficient (Wildman–Crippen LogP) is 4.06. The van der Waals surface area contributed by atoms with Crippen molar-refractivity contribution in [2.75, 3.05) is 16.9 Å². The number of carbonyl (C=O) groups excluding carboxylic acids is 2. The molecule has 0 saturated carbocycles. The molecule has 120 valence electrons. The molecule has 6 heteroatoms. The number of fused-ring (bicyclic) bond motifs is 2. The number of nitrogens with zero attached hydrogens (tertiary/aromatic N) is 2. The van der Waals surface area contributed by atoms with Gasteiger partial charge in [0.15, 0.2) is 0 Å². The molecule has 2 heterocycles. The Morgan fingerprint density at radius 2 is 1.46 bits per heavy atom. The number of benzene rings is 2. The monoisotopic (exact) mass is 402 g/mol. The van der Waals surface area contributed by atoms with Crippen LogP contribution in [-0.2, 0) is 0 Å². The van der Waals surface area contributed by atoms with Crippen LogP contribution in [0.1, 0.15) is 26.3 Å². The van der Waals surface area contributed by atoms with E-state index in [1.807, 2.05) is 29.2 Å². The zero-order valence-electron chi connectivity index (χ0n) is 12.5. The lowest BCUT2D eigenvalue weighted by Gasteiger charge is -2.33. The Hall–Kier alpha value is -2.11. The third kappa shape index (κ3) is 2.12. The fourth-order valence-electron chi connectivity index (χ4n) is 3.14. The minimum atomic E-state index is -0.322. The summed E-state index contributed by atoms with van der Waals surface area (Å²) >= 11 is 10.0. The van der Waals surface area contributed by atoms with Crippen LogP contribution in [0.25, 0.3) is 5.03 Å². The number of rotatable bonds is 2. The summed E-state index contributed by atoms with van der Waals surface area (Å²) in [5.41, 5.74) is 3.71. The van der Waals surface area contributed by atoms with Crippen LogP contribution < -0.4 is 4.90 Å². The van der Waals surface area contributed by atoms with E-state index >= 15 is 0 Å². The molecule has 2 amide bonds. The quantitative estimate of drug-likeness (QED) is 0.431. The molecule has 0 N–H and O–H groups in total. The Morgan fingerprint density at radius 3 is 2.04 bits per heavy atom. The van der Waals surface area contributed by atoms with Gasteiger partial charge >= 0.3 is 0 Å². The lowest BCUT2D eigenvalue weighted by molar-refractivity contribution is 0.0703. The Morgan fingerprint density at radius 1 is 0.917 bits per heavy atom. The van der Waals surface area contributed by atoms with E-state index in [0.717, 1.165) is 11.3 Å². The van der Waals surface area contributed by atoms with Crippen molar-refractivity contribution in [3.63, 3.8) is 0 Å². The number of amides is 2. The first kappa shape index (κ1) is 15.4. The van der Waals surface area contributed by atoms with Crippen molar-refractivity contribution in [1.82, 2.24) is 4.90 Å². The highest BCUT2D eigenvalue weighted by Gasteiger charge is 2.40. The summed E-state index contributed by atoms with van der Waals surface area (Å²) in [5.74, 6) is -0.643. The van der Waals surface area contributed by atoms with Crippen LogP contribution in [0.4, 0.5) is 5.69 Å². The molecule has 2 aromatic carbocycles. The number of carbonyl (C=O) groups is 2. The Kier molecular flexibility index (Phi) is 3.70. The number of alkyl halides is 1. The lowest BCUT2D eigenvalue weighted by Crippen LogP contribution is -2.38. The van der Waals surface area contributed by atoms with Gasteiger partial charge in [-0.3, -0.25) is 9.59 Å². The smallest absolute Gasteiger partial charge is 0.265 e. The Labute approximate surface area is 152 Å². The van der Waals surface area contributed by atoms with Gasteiger partial charge in [-0.15, -0.1) is 0 Å². The first-order chi connectivity index (χ1) is 11.6. The van der Waals surface area contributed by atoms with E-state index < -0.39 is 0 Å². The molecule has 2 aliphatic rings. The summed E-state index contributed by atoms with van der Waals surface area (Å²) < 4.78 is 0. The fraction of sp³-hybridized carbons (Fsp3) is 0.111. The minimum Gasteiger partial charge on any atom is -0.355 e. The largest absolute Gasteiger partial charge is 0.355 e. The second-order valence-electron chi connectivity index (χ2n) is 5.59. The molecule has 4 rings (SSSR count). The highest BCUT2D eigenvalue weighted by atomic mass is 79.9. The first-order valence-corrected chi connectivity index (χ1v) is 8.90. The first-order valence-electron chi connectivity index (χ1n) is 7.40. The Balaban J connectivity index is 1.86. The lowest BCUT2D eigenvalue weighted by atomic mass is 10.1. The molecular formula is C18H12BrClN2O2. The maximum absolute atomic E-state index is 12.7. The summed E-state index contributed by atoms with van der Waals surface area (Å²) in [6.07, 6.45) is 0. The molecule has 0 saturated heterocycles.